The number of benzene rings is 1. The standard InChI is InChI=1S/C14H19ClN2O2/c1-10-9-16-5-6-17(10)14(18)7-11-3-4-12(19-2)8-13(11)15/h3-4,8,10,16H,5-7,9H2,1-2H3/t10-/m0/s1. The summed E-state index contributed by atoms with van der Waals surface area (Å²) in [6.07, 6.45) is 0.340. The Kier molecular flexibility index (Phi) is 4.66. The maximum Gasteiger partial charge on any atom is 0.227 e. The monoisotopic (exact) mass is 282 g/mol. The van der Waals surface area contributed by atoms with Crippen LogP contribution >= 0.6 is 11.6 Å². The van der Waals surface area contributed by atoms with Crippen LogP contribution in [0.1, 0.15) is 12.5 Å². The number of ether oxygens (including phenoxy) is 1. The molecular weight excluding hydrogens is 264 g/mol. The number of methoxy groups -OCH3 is 1. The average Bonchev–Trinajstić information content (AvgIpc) is 2.41. The van der Waals surface area contributed by atoms with Crippen LogP contribution in [0.15, 0.2) is 18.2 Å². The van der Waals surface area contributed by atoms with E-state index in [1.165, 1.54) is 0 Å². The fraction of sp³-hybridized carbons (Fsp3) is 0.500. The fourth-order valence-corrected chi connectivity index (χ4v) is 2.51. The van der Waals surface area contributed by atoms with Crippen molar-refractivity contribution in [1.29, 1.82) is 0 Å². The number of hydrogen-bond acceptors (Lipinski definition) is 3. The average molecular weight is 283 g/mol. The van der Waals surface area contributed by atoms with Crippen LogP contribution in [0.3, 0.4) is 0 Å². The molecule has 1 aromatic rings. The molecule has 1 aliphatic rings. The van der Waals surface area contributed by atoms with E-state index in [0.29, 0.717) is 17.2 Å². The van der Waals surface area contributed by atoms with E-state index in [4.69, 9.17) is 16.3 Å². The molecule has 1 saturated heterocycles. The summed E-state index contributed by atoms with van der Waals surface area (Å²) in [4.78, 5) is 14.2. The van der Waals surface area contributed by atoms with Gasteiger partial charge in [-0.1, -0.05) is 17.7 Å². The molecule has 0 aliphatic carbocycles. The summed E-state index contributed by atoms with van der Waals surface area (Å²) in [5.74, 6) is 0.831. The van der Waals surface area contributed by atoms with E-state index in [9.17, 15) is 4.79 Å². The number of carbonyl (C=O) groups excluding carboxylic acids is 1. The first kappa shape index (κ1) is 14.2. The zero-order valence-corrected chi connectivity index (χ0v) is 12.0. The van der Waals surface area contributed by atoms with Crippen LogP contribution in [-0.4, -0.2) is 43.6 Å². The molecule has 0 spiro atoms. The maximum atomic E-state index is 12.3. The molecule has 0 aromatic heterocycles. The summed E-state index contributed by atoms with van der Waals surface area (Å²) < 4.78 is 5.10. The van der Waals surface area contributed by atoms with Crippen molar-refractivity contribution >= 4 is 17.5 Å². The second-order valence-corrected chi connectivity index (χ2v) is 5.18. The van der Waals surface area contributed by atoms with Crippen LogP contribution in [0.25, 0.3) is 0 Å². The van der Waals surface area contributed by atoms with Crippen LogP contribution in [-0.2, 0) is 11.2 Å². The number of rotatable bonds is 3. The van der Waals surface area contributed by atoms with E-state index >= 15 is 0 Å². The second-order valence-electron chi connectivity index (χ2n) is 4.77. The lowest BCUT2D eigenvalue weighted by Gasteiger charge is -2.34. The molecule has 0 saturated carbocycles. The zero-order valence-electron chi connectivity index (χ0n) is 11.3. The molecule has 0 unspecified atom stereocenters. The van der Waals surface area contributed by atoms with Crippen LogP contribution in [0.4, 0.5) is 0 Å². The largest absolute Gasteiger partial charge is 0.497 e. The third kappa shape index (κ3) is 3.39. The van der Waals surface area contributed by atoms with Crippen molar-refractivity contribution in [2.75, 3.05) is 26.7 Å². The van der Waals surface area contributed by atoms with E-state index in [-0.39, 0.29) is 11.9 Å². The number of piperazine rings is 1. The van der Waals surface area contributed by atoms with Crippen LogP contribution in [0, 0.1) is 0 Å². The molecule has 0 bridgehead atoms. The highest BCUT2D eigenvalue weighted by Crippen LogP contribution is 2.23. The number of amides is 1. The molecular formula is C14H19ClN2O2. The minimum absolute atomic E-state index is 0.126. The van der Waals surface area contributed by atoms with E-state index < -0.39 is 0 Å². The minimum atomic E-state index is 0.126. The molecule has 0 radical (unpaired) electrons. The van der Waals surface area contributed by atoms with Crippen molar-refractivity contribution in [2.24, 2.45) is 0 Å². The van der Waals surface area contributed by atoms with Gasteiger partial charge in [0.25, 0.3) is 0 Å². The highest BCUT2D eigenvalue weighted by Gasteiger charge is 2.23. The Balaban J connectivity index is 2.06. The Labute approximate surface area is 118 Å². The number of nitrogens with one attached hydrogen (secondary N) is 1. The van der Waals surface area contributed by atoms with E-state index in [2.05, 4.69) is 12.2 Å². The Morgan fingerprint density at radius 3 is 3.00 bits per heavy atom. The molecule has 1 heterocycles. The highest BCUT2D eigenvalue weighted by molar-refractivity contribution is 6.31. The maximum absolute atomic E-state index is 12.3. The van der Waals surface area contributed by atoms with Gasteiger partial charge < -0.3 is 15.0 Å². The number of carbonyl (C=O) groups is 1. The van der Waals surface area contributed by atoms with Crippen molar-refractivity contribution in [1.82, 2.24) is 10.2 Å². The Morgan fingerprint density at radius 1 is 1.58 bits per heavy atom. The molecule has 104 valence electrons. The number of halogens is 1. The van der Waals surface area contributed by atoms with Crippen LogP contribution < -0.4 is 10.1 Å². The summed E-state index contributed by atoms with van der Waals surface area (Å²) >= 11 is 6.16. The number of nitrogens with zero attached hydrogens (tertiary/aromatic N) is 1. The van der Waals surface area contributed by atoms with Crippen molar-refractivity contribution in [3.63, 3.8) is 0 Å². The van der Waals surface area contributed by atoms with Gasteiger partial charge in [0.2, 0.25) is 5.91 Å². The first-order chi connectivity index (χ1) is 9.11. The normalized spacial score (nSPS) is 19.3. The molecule has 2 rings (SSSR count). The van der Waals surface area contributed by atoms with Gasteiger partial charge in [-0.15, -0.1) is 0 Å². The fourth-order valence-electron chi connectivity index (χ4n) is 2.27. The molecule has 1 N–H and O–H groups in total. The molecule has 19 heavy (non-hydrogen) atoms. The summed E-state index contributed by atoms with van der Waals surface area (Å²) in [6, 6.07) is 5.66. The van der Waals surface area contributed by atoms with Crippen LogP contribution in [0.5, 0.6) is 5.75 Å². The molecule has 4 nitrogen and oxygen atoms in total. The van der Waals surface area contributed by atoms with E-state index in [1.807, 2.05) is 17.0 Å². The lowest BCUT2D eigenvalue weighted by Crippen LogP contribution is -2.52. The summed E-state index contributed by atoms with van der Waals surface area (Å²) in [5.41, 5.74) is 0.846. The predicted octanol–water partition coefficient (Wildman–Crippen LogP) is 1.71. The van der Waals surface area contributed by atoms with Crippen molar-refractivity contribution in [3.05, 3.63) is 28.8 Å². The SMILES string of the molecule is COc1ccc(CC(=O)N2CCNC[C@@H]2C)c(Cl)c1. The van der Waals surface area contributed by atoms with Gasteiger partial charge in [-0.2, -0.15) is 0 Å². The quantitative estimate of drug-likeness (QED) is 0.918. The summed E-state index contributed by atoms with van der Waals surface area (Å²) in [6.45, 7) is 4.52. The number of hydrogen-bond donors (Lipinski definition) is 1. The van der Waals surface area contributed by atoms with Crippen molar-refractivity contribution in [2.45, 2.75) is 19.4 Å². The highest BCUT2D eigenvalue weighted by atomic mass is 35.5. The Hall–Kier alpha value is -1.26. The third-order valence-corrected chi connectivity index (χ3v) is 3.78. The first-order valence-electron chi connectivity index (χ1n) is 6.44. The van der Waals surface area contributed by atoms with Gasteiger partial charge in [0.05, 0.1) is 13.5 Å². The molecule has 1 atom stereocenters. The van der Waals surface area contributed by atoms with Gasteiger partial charge in [0.1, 0.15) is 5.75 Å². The van der Waals surface area contributed by atoms with Gasteiger partial charge in [-0.25, -0.2) is 0 Å². The molecule has 5 heteroatoms. The van der Waals surface area contributed by atoms with Gasteiger partial charge in [0.15, 0.2) is 0 Å². The van der Waals surface area contributed by atoms with Crippen LogP contribution in [0.2, 0.25) is 5.02 Å². The van der Waals surface area contributed by atoms with E-state index in [1.54, 1.807) is 13.2 Å². The molecule has 1 aliphatic heterocycles. The van der Waals surface area contributed by atoms with Crippen molar-refractivity contribution in [3.8, 4) is 5.75 Å². The van der Waals surface area contributed by atoms with Gasteiger partial charge in [-0.3, -0.25) is 4.79 Å². The van der Waals surface area contributed by atoms with E-state index in [0.717, 1.165) is 25.2 Å². The summed E-state index contributed by atoms with van der Waals surface area (Å²) in [5, 5.41) is 3.85. The first-order valence-corrected chi connectivity index (χ1v) is 6.82. The minimum Gasteiger partial charge on any atom is -0.497 e. The summed E-state index contributed by atoms with van der Waals surface area (Å²) in [7, 11) is 1.60. The topological polar surface area (TPSA) is 41.6 Å². The lowest BCUT2D eigenvalue weighted by atomic mass is 10.1. The Bertz CT molecular complexity index is 465. The van der Waals surface area contributed by atoms with Gasteiger partial charge >= 0.3 is 0 Å². The Morgan fingerprint density at radius 2 is 2.37 bits per heavy atom. The second kappa shape index (κ2) is 6.26. The van der Waals surface area contributed by atoms with Gasteiger partial charge in [-0.05, 0) is 24.6 Å². The zero-order chi connectivity index (χ0) is 13.8. The third-order valence-electron chi connectivity index (χ3n) is 3.42. The predicted molar refractivity (Wildman–Crippen MR) is 75.8 cm³/mol. The smallest absolute Gasteiger partial charge is 0.227 e. The molecule has 1 aromatic carbocycles. The lowest BCUT2D eigenvalue weighted by molar-refractivity contribution is -0.133. The molecule has 1 fully saturated rings. The molecule has 1 amide bonds. The van der Waals surface area contributed by atoms with Crippen molar-refractivity contribution < 1.29 is 9.53 Å². The van der Waals surface area contributed by atoms with Gasteiger partial charge in [0, 0.05) is 30.7 Å².